The van der Waals surface area contributed by atoms with E-state index in [0.29, 0.717) is 37.9 Å². The number of hydrogen-bond acceptors (Lipinski definition) is 4. The lowest BCUT2D eigenvalue weighted by Gasteiger charge is -2.13. The number of rotatable bonds is 6. The second-order valence-corrected chi connectivity index (χ2v) is 7.91. The molecule has 5 nitrogen and oxygen atoms in total. The molecule has 0 unspecified atom stereocenters. The maximum atomic E-state index is 12.0. The van der Waals surface area contributed by atoms with E-state index >= 15 is 0 Å². The van der Waals surface area contributed by atoms with E-state index < -0.39 is 0 Å². The van der Waals surface area contributed by atoms with Crippen molar-refractivity contribution in [3.8, 4) is 17.1 Å². The molecule has 0 radical (unpaired) electrons. The number of halogens is 3. The van der Waals surface area contributed by atoms with E-state index in [1.54, 1.807) is 24.3 Å². The molecular weight excluding hydrogens is 447 g/mol. The van der Waals surface area contributed by atoms with Gasteiger partial charge >= 0.3 is 0 Å². The van der Waals surface area contributed by atoms with Gasteiger partial charge in [-0.25, -0.2) is 5.43 Å². The Morgan fingerprint density at radius 2 is 1.73 bits per heavy atom. The van der Waals surface area contributed by atoms with Crippen LogP contribution in [0.15, 0.2) is 45.9 Å². The number of ether oxygens (including phenoxy) is 1. The first-order chi connectivity index (χ1) is 14.3. The van der Waals surface area contributed by atoms with Crippen molar-refractivity contribution >= 4 is 46.9 Å². The van der Waals surface area contributed by atoms with Crippen LogP contribution in [-0.4, -0.2) is 18.7 Å². The number of hydrogen-bond donors (Lipinski definition) is 1. The Bertz CT molecular complexity index is 1120. The first kappa shape index (κ1) is 22.2. The van der Waals surface area contributed by atoms with Crippen LogP contribution < -0.4 is 10.2 Å². The van der Waals surface area contributed by atoms with Crippen molar-refractivity contribution in [3.63, 3.8) is 0 Å². The van der Waals surface area contributed by atoms with Gasteiger partial charge in [0.25, 0.3) is 5.91 Å². The second kappa shape index (κ2) is 9.56. The van der Waals surface area contributed by atoms with Crippen molar-refractivity contribution < 1.29 is 13.9 Å². The summed E-state index contributed by atoms with van der Waals surface area (Å²) in [7, 11) is 0. The molecule has 0 spiro atoms. The monoisotopic (exact) mass is 464 g/mol. The Balaban J connectivity index is 1.60. The standard InChI is InChI=1S/C22H19Cl3N2O3/c1-12-4-5-13(2)22(14(12)3)29-11-21(28)27-26-10-15-6-7-20(30-15)16-8-18(24)19(25)9-17(16)23/h4-10H,11H2,1-3H3,(H,27,28)/b26-10-. The Morgan fingerprint density at radius 1 is 1.03 bits per heavy atom. The molecule has 30 heavy (non-hydrogen) atoms. The molecular formula is C22H19Cl3N2O3. The summed E-state index contributed by atoms with van der Waals surface area (Å²) in [6.07, 6.45) is 1.38. The molecule has 3 rings (SSSR count). The van der Waals surface area contributed by atoms with Crippen LogP contribution in [0, 0.1) is 20.8 Å². The van der Waals surface area contributed by atoms with Crippen molar-refractivity contribution in [2.45, 2.75) is 20.8 Å². The Kier molecular flexibility index (Phi) is 7.08. The zero-order chi connectivity index (χ0) is 21.8. The maximum absolute atomic E-state index is 12.0. The minimum absolute atomic E-state index is 0.148. The first-order valence-corrected chi connectivity index (χ1v) is 10.2. The summed E-state index contributed by atoms with van der Waals surface area (Å²) in [6.45, 7) is 5.74. The molecule has 1 N–H and O–H groups in total. The summed E-state index contributed by atoms with van der Waals surface area (Å²) in [5, 5.41) is 5.04. The highest BCUT2D eigenvalue weighted by atomic mass is 35.5. The van der Waals surface area contributed by atoms with Gasteiger partial charge < -0.3 is 9.15 Å². The molecule has 1 aromatic heterocycles. The SMILES string of the molecule is Cc1ccc(C)c(OCC(=O)N/N=C\c2ccc(-c3cc(Cl)c(Cl)cc3Cl)o2)c1C. The van der Waals surface area contributed by atoms with Crippen molar-refractivity contribution in [2.24, 2.45) is 5.10 Å². The lowest BCUT2D eigenvalue weighted by Crippen LogP contribution is -2.25. The van der Waals surface area contributed by atoms with Crippen LogP contribution in [0.3, 0.4) is 0 Å². The molecule has 0 fully saturated rings. The molecule has 0 aliphatic carbocycles. The van der Waals surface area contributed by atoms with E-state index in [1.165, 1.54) is 6.21 Å². The molecule has 2 aromatic carbocycles. The van der Waals surface area contributed by atoms with Crippen LogP contribution in [0.5, 0.6) is 5.75 Å². The highest BCUT2D eigenvalue weighted by Crippen LogP contribution is 2.35. The lowest BCUT2D eigenvalue weighted by atomic mass is 10.1. The highest BCUT2D eigenvalue weighted by molar-refractivity contribution is 6.44. The summed E-state index contributed by atoms with van der Waals surface area (Å²) in [5.41, 5.74) is 6.10. The smallest absolute Gasteiger partial charge is 0.277 e. The van der Waals surface area contributed by atoms with Crippen LogP contribution in [0.2, 0.25) is 15.1 Å². The minimum Gasteiger partial charge on any atom is -0.483 e. The first-order valence-electron chi connectivity index (χ1n) is 9.02. The number of carbonyl (C=O) groups excluding carboxylic acids is 1. The van der Waals surface area contributed by atoms with Gasteiger partial charge in [0.15, 0.2) is 6.61 Å². The van der Waals surface area contributed by atoms with Crippen LogP contribution in [0.1, 0.15) is 22.5 Å². The van der Waals surface area contributed by atoms with E-state index in [-0.39, 0.29) is 12.5 Å². The molecule has 0 aliphatic rings. The van der Waals surface area contributed by atoms with E-state index in [2.05, 4.69) is 10.5 Å². The Hall–Kier alpha value is -2.47. The number of benzene rings is 2. The fraction of sp³-hybridized carbons (Fsp3) is 0.182. The fourth-order valence-corrected chi connectivity index (χ4v) is 3.40. The zero-order valence-electron chi connectivity index (χ0n) is 16.6. The van der Waals surface area contributed by atoms with Crippen LogP contribution in [-0.2, 0) is 4.79 Å². The molecule has 8 heteroatoms. The summed E-state index contributed by atoms with van der Waals surface area (Å²) < 4.78 is 11.3. The molecule has 0 bridgehead atoms. The average molecular weight is 466 g/mol. The normalized spacial score (nSPS) is 11.1. The summed E-state index contributed by atoms with van der Waals surface area (Å²) in [4.78, 5) is 12.0. The third kappa shape index (κ3) is 5.17. The number of nitrogens with one attached hydrogen (secondary N) is 1. The van der Waals surface area contributed by atoms with Crippen LogP contribution in [0.4, 0.5) is 0 Å². The Labute approximate surface area is 189 Å². The molecule has 1 amide bonds. The van der Waals surface area contributed by atoms with Crippen molar-refractivity contribution in [2.75, 3.05) is 6.61 Å². The van der Waals surface area contributed by atoms with Gasteiger partial charge in [-0.05, 0) is 61.7 Å². The van der Waals surface area contributed by atoms with Gasteiger partial charge in [0.1, 0.15) is 17.3 Å². The predicted molar refractivity (Wildman–Crippen MR) is 121 cm³/mol. The van der Waals surface area contributed by atoms with E-state index in [1.807, 2.05) is 32.9 Å². The molecule has 0 aliphatic heterocycles. The lowest BCUT2D eigenvalue weighted by molar-refractivity contribution is -0.123. The van der Waals surface area contributed by atoms with Gasteiger partial charge in [-0.2, -0.15) is 5.10 Å². The Morgan fingerprint density at radius 3 is 2.50 bits per heavy atom. The number of carbonyl (C=O) groups is 1. The summed E-state index contributed by atoms with van der Waals surface area (Å²) in [5.74, 6) is 1.26. The topological polar surface area (TPSA) is 63.8 Å². The number of aryl methyl sites for hydroxylation is 2. The number of hydrazone groups is 1. The third-order valence-electron chi connectivity index (χ3n) is 4.50. The van der Waals surface area contributed by atoms with E-state index in [0.717, 1.165) is 16.7 Å². The number of furan rings is 1. The van der Waals surface area contributed by atoms with Gasteiger partial charge in [0.2, 0.25) is 0 Å². The molecule has 3 aromatic rings. The zero-order valence-corrected chi connectivity index (χ0v) is 18.8. The van der Waals surface area contributed by atoms with Crippen molar-refractivity contribution in [1.29, 1.82) is 0 Å². The molecule has 0 saturated carbocycles. The quantitative estimate of drug-likeness (QED) is 0.262. The average Bonchev–Trinajstić information content (AvgIpc) is 3.16. The largest absolute Gasteiger partial charge is 0.483 e. The van der Waals surface area contributed by atoms with Gasteiger partial charge in [0, 0.05) is 5.56 Å². The second-order valence-electron chi connectivity index (χ2n) is 6.68. The van der Waals surface area contributed by atoms with Gasteiger partial charge in [0.05, 0.1) is 21.3 Å². The van der Waals surface area contributed by atoms with Gasteiger partial charge in [-0.3, -0.25) is 4.79 Å². The molecule has 156 valence electrons. The summed E-state index contributed by atoms with van der Waals surface area (Å²) >= 11 is 18.2. The predicted octanol–water partition coefficient (Wildman–Crippen LogP) is 6.36. The van der Waals surface area contributed by atoms with Gasteiger partial charge in [-0.15, -0.1) is 0 Å². The molecule has 0 atom stereocenters. The van der Waals surface area contributed by atoms with Crippen molar-refractivity contribution in [1.82, 2.24) is 5.43 Å². The minimum atomic E-state index is -0.383. The molecule has 0 saturated heterocycles. The van der Waals surface area contributed by atoms with Gasteiger partial charge in [-0.1, -0.05) is 46.9 Å². The molecule has 1 heterocycles. The van der Waals surface area contributed by atoms with Crippen LogP contribution in [0.25, 0.3) is 11.3 Å². The fourth-order valence-electron chi connectivity index (χ4n) is 2.76. The van der Waals surface area contributed by atoms with E-state index in [4.69, 9.17) is 44.0 Å². The maximum Gasteiger partial charge on any atom is 0.277 e. The highest BCUT2D eigenvalue weighted by Gasteiger charge is 2.12. The van der Waals surface area contributed by atoms with E-state index in [9.17, 15) is 4.79 Å². The number of amides is 1. The van der Waals surface area contributed by atoms with Crippen LogP contribution >= 0.6 is 34.8 Å². The van der Waals surface area contributed by atoms with Crippen molar-refractivity contribution in [3.05, 3.63) is 73.9 Å². The number of nitrogens with zero attached hydrogens (tertiary/aromatic N) is 1. The summed E-state index contributed by atoms with van der Waals surface area (Å²) in [6, 6.07) is 10.6. The third-order valence-corrected chi connectivity index (χ3v) is 5.54.